The normalized spacial score (nSPS) is 14.5. The van der Waals surface area contributed by atoms with Crippen LogP contribution < -0.4 is 4.74 Å². The highest BCUT2D eigenvalue weighted by molar-refractivity contribution is 5.82. The van der Waals surface area contributed by atoms with Crippen LogP contribution in [0, 0.1) is 5.82 Å². The van der Waals surface area contributed by atoms with E-state index in [2.05, 4.69) is 25.1 Å². The minimum atomic E-state index is -4.67. The second-order valence-electron chi connectivity index (χ2n) is 8.54. The van der Waals surface area contributed by atoms with Gasteiger partial charge < -0.3 is 9.30 Å². The van der Waals surface area contributed by atoms with Gasteiger partial charge in [-0.15, -0.1) is 0 Å². The van der Waals surface area contributed by atoms with E-state index in [-0.39, 0.29) is 11.3 Å². The minimum absolute atomic E-state index is 0.180. The summed E-state index contributed by atoms with van der Waals surface area (Å²) in [5, 5.41) is 8.98. The van der Waals surface area contributed by atoms with Crippen LogP contribution in [-0.4, -0.2) is 61.1 Å². The highest BCUT2D eigenvalue weighted by atomic mass is 19.4. The molecule has 8 nitrogen and oxygen atoms in total. The second-order valence-corrected chi connectivity index (χ2v) is 8.54. The lowest BCUT2D eigenvalue weighted by Crippen LogP contribution is -2.25. The Morgan fingerprint density at radius 1 is 1.03 bits per heavy atom. The van der Waals surface area contributed by atoms with Crippen molar-refractivity contribution in [3.8, 4) is 39.7 Å². The maximum Gasteiger partial charge on any atom is 0.437 e. The van der Waals surface area contributed by atoms with Crippen molar-refractivity contribution in [2.45, 2.75) is 19.0 Å². The van der Waals surface area contributed by atoms with Gasteiger partial charge in [0.25, 0.3) is 0 Å². The van der Waals surface area contributed by atoms with Crippen LogP contribution in [0.1, 0.15) is 18.5 Å². The third-order valence-electron chi connectivity index (χ3n) is 6.09. The van der Waals surface area contributed by atoms with E-state index < -0.39 is 17.7 Å². The van der Waals surface area contributed by atoms with E-state index in [4.69, 9.17) is 4.74 Å². The topological polar surface area (TPSA) is 84.8 Å². The molecule has 5 rings (SSSR count). The van der Waals surface area contributed by atoms with Gasteiger partial charge in [0, 0.05) is 37.0 Å². The summed E-state index contributed by atoms with van der Waals surface area (Å²) in [5.74, 6) is -0.0875. The molecule has 3 aromatic heterocycles. The quantitative estimate of drug-likeness (QED) is 0.374. The molecular formula is C24H23F4N7O. The largest absolute Gasteiger partial charge is 0.491 e. The number of hydrogen-bond donors (Lipinski definition) is 1. The van der Waals surface area contributed by atoms with Crippen LogP contribution in [0.5, 0.6) is 5.75 Å². The molecule has 4 aromatic rings. The molecule has 0 aliphatic carbocycles. The number of H-pyrrole nitrogens is 1. The van der Waals surface area contributed by atoms with Crippen molar-refractivity contribution in [1.82, 2.24) is 34.8 Å². The molecule has 0 spiro atoms. The standard InChI is InChI=1S/C24H23F4N7O/c1-34-14-30-21(18-12-15(6-7-29-18)20-23(24(26,27)28)32-33-31-20)22(34)17-5-4-16(25)13-19(17)36-11-10-35-8-2-3-9-35/h4-7,12-14H,2-3,8-11H2,1H3,(H,31,32,33). The molecule has 1 aliphatic heterocycles. The Hall–Kier alpha value is -3.80. The Morgan fingerprint density at radius 2 is 1.83 bits per heavy atom. The number of rotatable bonds is 7. The Labute approximate surface area is 203 Å². The van der Waals surface area contributed by atoms with Crippen molar-refractivity contribution in [3.05, 3.63) is 54.4 Å². The van der Waals surface area contributed by atoms with Crippen LogP contribution in [0.2, 0.25) is 0 Å². The molecule has 36 heavy (non-hydrogen) atoms. The summed E-state index contributed by atoms with van der Waals surface area (Å²) in [6.45, 7) is 3.17. The Kier molecular flexibility index (Phi) is 6.44. The van der Waals surface area contributed by atoms with Crippen LogP contribution in [0.3, 0.4) is 0 Å². The van der Waals surface area contributed by atoms with Crippen molar-refractivity contribution in [1.29, 1.82) is 0 Å². The van der Waals surface area contributed by atoms with Gasteiger partial charge in [-0.1, -0.05) is 0 Å². The second kappa shape index (κ2) is 9.69. The zero-order valence-corrected chi connectivity index (χ0v) is 19.4. The number of imidazole rings is 1. The smallest absolute Gasteiger partial charge is 0.437 e. The number of benzene rings is 1. The zero-order chi connectivity index (χ0) is 25.3. The monoisotopic (exact) mass is 501 g/mol. The first-order valence-electron chi connectivity index (χ1n) is 11.4. The molecule has 0 amide bonds. The average molecular weight is 501 g/mol. The van der Waals surface area contributed by atoms with E-state index in [0.717, 1.165) is 32.5 Å². The number of halogens is 4. The fraction of sp³-hybridized carbons (Fsp3) is 0.333. The summed E-state index contributed by atoms with van der Waals surface area (Å²) in [6, 6.07) is 7.14. The Morgan fingerprint density at radius 3 is 2.61 bits per heavy atom. The molecule has 188 valence electrons. The number of aryl methyl sites for hydroxylation is 1. The summed E-state index contributed by atoms with van der Waals surface area (Å²) in [4.78, 5) is 11.1. The predicted molar refractivity (Wildman–Crippen MR) is 123 cm³/mol. The lowest BCUT2D eigenvalue weighted by Gasteiger charge is -2.17. The number of pyridine rings is 1. The molecule has 1 fully saturated rings. The van der Waals surface area contributed by atoms with Gasteiger partial charge in [-0.25, -0.2) is 9.37 Å². The SMILES string of the molecule is Cn1cnc(-c2cc(-c3n[nH]nc3C(F)(F)F)ccn2)c1-c1ccc(F)cc1OCCN1CCCC1. The summed E-state index contributed by atoms with van der Waals surface area (Å²) < 4.78 is 62.0. The molecule has 0 radical (unpaired) electrons. The molecule has 0 saturated carbocycles. The zero-order valence-electron chi connectivity index (χ0n) is 19.4. The molecule has 12 heteroatoms. The van der Waals surface area contributed by atoms with E-state index >= 15 is 0 Å². The summed E-state index contributed by atoms with van der Waals surface area (Å²) in [7, 11) is 1.77. The minimum Gasteiger partial charge on any atom is -0.491 e. The fourth-order valence-electron chi connectivity index (χ4n) is 4.37. The third kappa shape index (κ3) is 4.81. The van der Waals surface area contributed by atoms with Gasteiger partial charge in [-0.2, -0.15) is 28.6 Å². The number of likely N-dealkylation sites (tertiary alicyclic amines) is 1. The molecule has 1 aromatic carbocycles. The molecule has 0 unspecified atom stereocenters. The molecule has 1 N–H and O–H groups in total. The lowest BCUT2D eigenvalue weighted by molar-refractivity contribution is -0.140. The van der Waals surface area contributed by atoms with Crippen LogP contribution >= 0.6 is 0 Å². The van der Waals surface area contributed by atoms with Gasteiger partial charge in [-0.05, 0) is 50.2 Å². The summed E-state index contributed by atoms with van der Waals surface area (Å²) >= 11 is 0. The average Bonchev–Trinajstić information content (AvgIpc) is 3.60. The summed E-state index contributed by atoms with van der Waals surface area (Å²) in [5.41, 5.74) is 0.645. The van der Waals surface area contributed by atoms with Crippen molar-refractivity contribution >= 4 is 0 Å². The van der Waals surface area contributed by atoms with Gasteiger partial charge in [0.2, 0.25) is 0 Å². The molecule has 1 saturated heterocycles. The predicted octanol–water partition coefficient (Wildman–Crippen LogP) is 4.57. The highest BCUT2D eigenvalue weighted by Gasteiger charge is 2.38. The number of nitrogens with zero attached hydrogens (tertiary/aromatic N) is 6. The molecule has 0 atom stereocenters. The van der Waals surface area contributed by atoms with Crippen molar-refractivity contribution < 1.29 is 22.3 Å². The van der Waals surface area contributed by atoms with Gasteiger partial charge in [0.05, 0.1) is 17.7 Å². The van der Waals surface area contributed by atoms with Crippen LogP contribution in [-0.2, 0) is 13.2 Å². The third-order valence-corrected chi connectivity index (χ3v) is 6.09. The number of aromatic nitrogens is 6. The molecule has 4 heterocycles. The van der Waals surface area contributed by atoms with E-state index in [0.29, 0.717) is 35.0 Å². The fourth-order valence-corrected chi connectivity index (χ4v) is 4.37. The molecule has 1 aliphatic rings. The maximum atomic E-state index is 14.2. The van der Waals surface area contributed by atoms with E-state index in [1.165, 1.54) is 30.5 Å². The van der Waals surface area contributed by atoms with Crippen LogP contribution in [0.4, 0.5) is 17.6 Å². The number of aromatic amines is 1. The van der Waals surface area contributed by atoms with E-state index in [1.54, 1.807) is 24.0 Å². The van der Waals surface area contributed by atoms with Crippen molar-refractivity contribution in [3.63, 3.8) is 0 Å². The first kappa shape index (κ1) is 23.9. The lowest BCUT2D eigenvalue weighted by atomic mass is 10.0. The number of hydrogen-bond acceptors (Lipinski definition) is 6. The van der Waals surface area contributed by atoms with Crippen molar-refractivity contribution in [2.24, 2.45) is 7.05 Å². The van der Waals surface area contributed by atoms with Gasteiger partial charge in [0.15, 0.2) is 5.69 Å². The van der Waals surface area contributed by atoms with Gasteiger partial charge >= 0.3 is 6.18 Å². The number of alkyl halides is 3. The number of nitrogens with one attached hydrogen (secondary N) is 1. The van der Waals surface area contributed by atoms with Crippen LogP contribution in [0.15, 0.2) is 42.9 Å². The van der Waals surface area contributed by atoms with E-state index in [1.807, 2.05) is 5.21 Å². The molecular weight excluding hydrogens is 478 g/mol. The van der Waals surface area contributed by atoms with Crippen LogP contribution in [0.25, 0.3) is 33.9 Å². The first-order valence-corrected chi connectivity index (χ1v) is 11.4. The maximum absolute atomic E-state index is 14.2. The van der Waals surface area contributed by atoms with Gasteiger partial charge in [-0.3, -0.25) is 9.88 Å². The van der Waals surface area contributed by atoms with E-state index in [9.17, 15) is 17.6 Å². The molecule has 0 bridgehead atoms. The summed E-state index contributed by atoms with van der Waals surface area (Å²) in [6.07, 6.45) is 0.601. The van der Waals surface area contributed by atoms with Gasteiger partial charge in [0.1, 0.15) is 29.6 Å². The first-order chi connectivity index (χ1) is 17.3. The highest BCUT2D eigenvalue weighted by Crippen LogP contribution is 2.38. The Balaban J connectivity index is 1.50. The number of ether oxygens (including phenoxy) is 1. The Bertz CT molecular complexity index is 1360. The van der Waals surface area contributed by atoms with Crippen molar-refractivity contribution in [2.75, 3.05) is 26.2 Å².